The lowest BCUT2D eigenvalue weighted by molar-refractivity contribution is 0.0453. The second kappa shape index (κ2) is 7.72. The molecule has 1 aliphatic heterocycles. The smallest absolute Gasteiger partial charge is 0.346 e. The molecule has 2 aromatic rings. The predicted octanol–water partition coefficient (Wildman–Crippen LogP) is 4.56. The maximum atomic E-state index is 12.8. The molecule has 150 valence electrons. The van der Waals surface area contributed by atoms with E-state index < -0.39 is 12.1 Å². The van der Waals surface area contributed by atoms with E-state index in [9.17, 15) is 15.0 Å². The molecular formula is C22H26O6. The third-order valence-corrected chi connectivity index (χ3v) is 5.03. The highest BCUT2D eigenvalue weighted by Gasteiger charge is 2.30. The molecule has 0 unspecified atom stereocenters. The fraction of sp³-hybridized carbons (Fsp3) is 0.409. The monoisotopic (exact) mass is 386 g/mol. The molecule has 0 fully saturated rings. The van der Waals surface area contributed by atoms with Gasteiger partial charge in [-0.2, -0.15) is 0 Å². The van der Waals surface area contributed by atoms with Crippen LogP contribution in [-0.2, 0) is 11.3 Å². The maximum Gasteiger partial charge on any atom is 0.346 e. The van der Waals surface area contributed by atoms with Gasteiger partial charge >= 0.3 is 5.97 Å². The van der Waals surface area contributed by atoms with Crippen LogP contribution < -0.4 is 9.47 Å². The van der Waals surface area contributed by atoms with Gasteiger partial charge in [-0.15, -0.1) is 0 Å². The molecule has 0 saturated heterocycles. The molecule has 2 N–H and O–H groups in total. The number of fused-ring (bicyclic) bond motifs is 2. The zero-order valence-electron chi connectivity index (χ0n) is 16.8. The highest BCUT2D eigenvalue weighted by molar-refractivity contribution is 5.96. The van der Waals surface area contributed by atoms with Crippen LogP contribution >= 0.6 is 0 Å². The summed E-state index contributed by atoms with van der Waals surface area (Å²) in [5.74, 6) is 0.370. The molecule has 1 heterocycles. The number of esters is 1. The normalized spacial score (nSPS) is 14.3. The molecule has 0 spiro atoms. The van der Waals surface area contributed by atoms with Crippen LogP contribution in [-0.4, -0.2) is 23.3 Å². The van der Waals surface area contributed by atoms with E-state index in [0.29, 0.717) is 23.1 Å². The highest BCUT2D eigenvalue weighted by atomic mass is 16.5. The Morgan fingerprint density at radius 1 is 1.25 bits per heavy atom. The van der Waals surface area contributed by atoms with E-state index in [1.165, 1.54) is 7.11 Å². The maximum absolute atomic E-state index is 12.8. The summed E-state index contributed by atoms with van der Waals surface area (Å²) >= 11 is 0. The fourth-order valence-electron chi connectivity index (χ4n) is 3.41. The number of aliphatic hydroxyl groups is 1. The molecule has 6 nitrogen and oxygen atoms in total. The first-order valence-electron chi connectivity index (χ1n) is 9.30. The van der Waals surface area contributed by atoms with Crippen LogP contribution in [0.5, 0.6) is 23.0 Å². The lowest BCUT2D eigenvalue weighted by Gasteiger charge is -2.24. The second-order valence-electron chi connectivity index (χ2n) is 7.54. The van der Waals surface area contributed by atoms with Crippen LogP contribution in [0.1, 0.15) is 59.0 Å². The highest BCUT2D eigenvalue weighted by Crippen LogP contribution is 2.45. The minimum atomic E-state index is -0.788. The standard InChI is InChI=1S/C22H26O6/c1-11(2)8-16(23)15-6-7-17-18(21(15)26-5)22(25)27-10-14-9-12(3)13(4)19(24)20(14)28-17/h6-7,9,11,16,23-24H,8,10H2,1-5H3/t16-/m0/s1. The summed E-state index contributed by atoms with van der Waals surface area (Å²) in [6.07, 6.45) is -0.267. The number of carbonyl (C=O) groups excluding carboxylic acids is 1. The van der Waals surface area contributed by atoms with Gasteiger partial charge in [0.2, 0.25) is 0 Å². The van der Waals surface area contributed by atoms with E-state index in [-0.39, 0.29) is 41.1 Å². The molecule has 28 heavy (non-hydrogen) atoms. The lowest BCUT2D eigenvalue weighted by atomic mass is 9.96. The van der Waals surface area contributed by atoms with E-state index in [1.54, 1.807) is 19.1 Å². The zero-order valence-corrected chi connectivity index (χ0v) is 16.8. The number of hydrogen-bond donors (Lipinski definition) is 2. The molecule has 0 saturated carbocycles. The van der Waals surface area contributed by atoms with Crippen LogP contribution in [0.15, 0.2) is 18.2 Å². The van der Waals surface area contributed by atoms with Gasteiger partial charge in [0.25, 0.3) is 0 Å². The topological polar surface area (TPSA) is 85.2 Å². The molecule has 0 radical (unpaired) electrons. The summed E-state index contributed by atoms with van der Waals surface area (Å²) in [6.45, 7) is 7.64. The molecule has 1 aliphatic rings. The number of aromatic hydroxyl groups is 1. The van der Waals surface area contributed by atoms with Crippen molar-refractivity contribution in [2.45, 2.75) is 46.8 Å². The summed E-state index contributed by atoms with van der Waals surface area (Å²) in [7, 11) is 1.44. The molecule has 0 aliphatic carbocycles. The Morgan fingerprint density at radius 2 is 1.96 bits per heavy atom. The van der Waals surface area contributed by atoms with Crippen molar-refractivity contribution in [3.63, 3.8) is 0 Å². The number of aryl methyl sites for hydroxylation is 1. The largest absolute Gasteiger partial charge is 0.504 e. The fourth-order valence-corrected chi connectivity index (χ4v) is 3.41. The molecule has 6 heteroatoms. The minimum absolute atomic E-state index is 0.0155. The number of cyclic esters (lactones) is 1. The quantitative estimate of drug-likeness (QED) is 0.750. The number of carbonyl (C=O) groups is 1. The molecule has 0 amide bonds. The molecule has 0 bridgehead atoms. The van der Waals surface area contributed by atoms with Crippen LogP contribution in [0.4, 0.5) is 0 Å². The molecule has 3 rings (SSSR count). The lowest BCUT2D eigenvalue weighted by Crippen LogP contribution is -2.15. The number of rotatable bonds is 4. The van der Waals surface area contributed by atoms with E-state index in [0.717, 1.165) is 5.56 Å². The summed E-state index contributed by atoms with van der Waals surface area (Å²) in [5.41, 5.74) is 2.76. The summed E-state index contributed by atoms with van der Waals surface area (Å²) in [5, 5.41) is 21.1. The Labute approximate surface area is 164 Å². The minimum Gasteiger partial charge on any atom is -0.504 e. The zero-order chi connectivity index (χ0) is 20.6. The number of hydrogen-bond acceptors (Lipinski definition) is 6. The van der Waals surface area contributed by atoms with Crippen molar-refractivity contribution >= 4 is 5.97 Å². The van der Waals surface area contributed by atoms with Gasteiger partial charge in [0.05, 0.1) is 13.2 Å². The Bertz CT molecular complexity index is 916. The SMILES string of the molecule is COc1c([C@@H](O)CC(C)C)ccc2c1C(=O)OCc1cc(C)c(C)c(O)c1O2. The Hall–Kier alpha value is -2.73. The van der Waals surface area contributed by atoms with Crippen LogP contribution in [0.3, 0.4) is 0 Å². The van der Waals surface area contributed by atoms with Crippen molar-refractivity contribution in [3.05, 3.63) is 46.0 Å². The van der Waals surface area contributed by atoms with Crippen molar-refractivity contribution in [2.24, 2.45) is 5.92 Å². The predicted molar refractivity (Wildman–Crippen MR) is 104 cm³/mol. The number of ether oxygens (including phenoxy) is 3. The van der Waals surface area contributed by atoms with Gasteiger partial charge in [0.1, 0.15) is 23.7 Å². The van der Waals surface area contributed by atoms with Crippen molar-refractivity contribution in [2.75, 3.05) is 7.11 Å². The van der Waals surface area contributed by atoms with Crippen molar-refractivity contribution in [1.29, 1.82) is 0 Å². The Kier molecular flexibility index (Phi) is 5.52. The third kappa shape index (κ3) is 3.52. The van der Waals surface area contributed by atoms with Crippen molar-refractivity contribution in [3.8, 4) is 23.0 Å². The molecular weight excluding hydrogens is 360 g/mol. The second-order valence-corrected chi connectivity index (χ2v) is 7.54. The van der Waals surface area contributed by atoms with Gasteiger partial charge in [0, 0.05) is 11.1 Å². The Balaban J connectivity index is 2.16. The number of benzene rings is 2. The first kappa shape index (κ1) is 20.0. The van der Waals surface area contributed by atoms with E-state index in [4.69, 9.17) is 14.2 Å². The van der Waals surface area contributed by atoms with E-state index >= 15 is 0 Å². The number of phenolic OH excluding ortho intramolecular Hbond substituents is 1. The van der Waals surface area contributed by atoms with Gasteiger partial charge in [-0.25, -0.2) is 4.79 Å². The van der Waals surface area contributed by atoms with Gasteiger partial charge in [-0.3, -0.25) is 0 Å². The van der Waals surface area contributed by atoms with Crippen LogP contribution in [0.25, 0.3) is 0 Å². The van der Waals surface area contributed by atoms with Gasteiger partial charge in [0.15, 0.2) is 11.5 Å². The number of aliphatic hydroxyl groups excluding tert-OH is 1. The first-order valence-corrected chi connectivity index (χ1v) is 9.30. The number of methoxy groups -OCH3 is 1. The van der Waals surface area contributed by atoms with Crippen molar-refractivity contribution < 1.29 is 29.2 Å². The third-order valence-electron chi connectivity index (χ3n) is 5.03. The average molecular weight is 386 g/mol. The summed E-state index contributed by atoms with van der Waals surface area (Å²) < 4.78 is 16.9. The van der Waals surface area contributed by atoms with Crippen LogP contribution in [0, 0.1) is 19.8 Å². The number of phenols is 1. The van der Waals surface area contributed by atoms with E-state index in [1.807, 2.05) is 26.8 Å². The molecule has 0 aromatic heterocycles. The van der Waals surface area contributed by atoms with Gasteiger partial charge < -0.3 is 24.4 Å². The van der Waals surface area contributed by atoms with Crippen molar-refractivity contribution in [1.82, 2.24) is 0 Å². The van der Waals surface area contributed by atoms with E-state index in [2.05, 4.69) is 0 Å². The van der Waals surface area contributed by atoms with Crippen LogP contribution in [0.2, 0.25) is 0 Å². The summed E-state index contributed by atoms with van der Waals surface area (Å²) in [6, 6.07) is 5.11. The Morgan fingerprint density at radius 3 is 2.61 bits per heavy atom. The average Bonchev–Trinajstić information content (AvgIpc) is 2.64. The first-order chi connectivity index (χ1) is 13.2. The molecule has 1 atom stereocenters. The van der Waals surface area contributed by atoms with Gasteiger partial charge in [-0.1, -0.05) is 13.8 Å². The summed E-state index contributed by atoms with van der Waals surface area (Å²) in [4.78, 5) is 12.8. The van der Waals surface area contributed by atoms with Gasteiger partial charge in [-0.05, 0) is 55.5 Å². The molecule has 2 aromatic carbocycles.